The number of aromatic hydroxyl groups is 1. The third-order valence-electron chi connectivity index (χ3n) is 2.14. The van der Waals surface area contributed by atoms with Crippen molar-refractivity contribution in [3.63, 3.8) is 0 Å². The Morgan fingerprint density at radius 2 is 2.00 bits per heavy atom. The van der Waals surface area contributed by atoms with Crippen LogP contribution in [0.2, 0.25) is 0 Å². The highest BCUT2D eigenvalue weighted by molar-refractivity contribution is 5.85. The van der Waals surface area contributed by atoms with E-state index in [0.717, 1.165) is 18.5 Å². The topological polar surface area (TPSA) is 32.3 Å². The average molecular weight is 186 g/mol. The van der Waals surface area contributed by atoms with E-state index in [1.807, 2.05) is 18.2 Å². The van der Waals surface area contributed by atoms with Crippen molar-refractivity contribution in [2.45, 2.75) is 12.5 Å². The fourth-order valence-electron chi connectivity index (χ4n) is 1.34. The van der Waals surface area contributed by atoms with E-state index in [1.54, 1.807) is 6.07 Å². The van der Waals surface area contributed by atoms with Crippen molar-refractivity contribution in [2.24, 2.45) is 0 Å². The molecule has 0 unspecified atom stereocenters. The molecule has 0 aliphatic carbocycles. The summed E-state index contributed by atoms with van der Waals surface area (Å²) in [7, 11) is 0. The third kappa shape index (κ3) is 1.54. The molecule has 2 rings (SSSR count). The number of nitrogens with one attached hydrogen (secondary N) is 1. The maximum absolute atomic E-state index is 9.41. The van der Waals surface area contributed by atoms with Gasteiger partial charge in [0, 0.05) is 11.6 Å². The number of halogens is 1. The Balaban J connectivity index is 0.000000720. The minimum atomic E-state index is 0. The Labute approximate surface area is 78.0 Å². The first-order valence-corrected chi connectivity index (χ1v) is 3.89. The van der Waals surface area contributed by atoms with Gasteiger partial charge in [-0.05, 0) is 19.0 Å². The molecule has 0 amide bonds. The molecule has 0 bridgehead atoms. The second-order valence-corrected chi connectivity index (χ2v) is 2.85. The molecule has 66 valence electrons. The van der Waals surface area contributed by atoms with E-state index < -0.39 is 0 Å². The van der Waals surface area contributed by atoms with Crippen molar-refractivity contribution in [1.82, 2.24) is 5.32 Å². The molecular weight excluding hydrogens is 174 g/mol. The van der Waals surface area contributed by atoms with Gasteiger partial charge < -0.3 is 10.4 Å². The van der Waals surface area contributed by atoms with Crippen LogP contribution in [0.3, 0.4) is 0 Å². The zero-order valence-corrected chi connectivity index (χ0v) is 7.47. The predicted molar refractivity (Wildman–Crippen MR) is 50.7 cm³/mol. The van der Waals surface area contributed by atoms with Crippen molar-refractivity contribution in [3.05, 3.63) is 29.8 Å². The normalized spacial score (nSPS) is 20.8. The van der Waals surface area contributed by atoms with E-state index in [1.165, 1.54) is 0 Å². The SMILES string of the molecule is Cl.Oc1ccccc1[C@@H]1CCN1. The number of benzene rings is 1. The van der Waals surface area contributed by atoms with Crippen LogP contribution in [0.5, 0.6) is 5.75 Å². The largest absolute Gasteiger partial charge is 0.508 e. The molecule has 0 spiro atoms. The highest BCUT2D eigenvalue weighted by Crippen LogP contribution is 2.29. The van der Waals surface area contributed by atoms with Crippen LogP contribution >= 0.6 is 12.4 Å². The van der Waals surface area contributed by atoms with E-state index in [0.29, 0.717) is 11.8 Å². The first kappa shape index (κ1) is 9.36. The molecule has 1 aromatic carbocycles. The molecule has 2 nitrogen and oxygen atoms in total. The minimum absolute atomic E-state index is 0. The summed E-state index contributed by atoms with van der Waals surface area (Å²) in [5.41, 5.74) is 1.03. The molecule has 12 heavy (non-hydrogen) atoms. The fourth-order valence-corrected chi connectivity index (χ4v) is 1.34. The van der Waals surface area contributed by atoms with E-state index in [9.17, 15) is 5.11 Å². The Hall–Kier alpha value is -0.730. The molecule has 1 fully saturated rings. The quantitative estimate of drug-likeness (QED) is 0.700. The van der Waals surface area contributed by atoms with Gasteiger partial charge in [-0.1, -0.05) is 18.2 Å². The van der Waals surface area contributed by atoms with E-state index in [-0.39, 0.29) is 12.4 Å². The average Bonchev–Trinajstić information content (AvgIpc) is 1.90. The zero-order valence-electron chi connectivity index (χ0n) is 6.66. The van der Waals surface area contributed by atoms with Crippen molar-refractivity contribution < 1.29 is 5.11 Å². The summed E-state index contributed by atoms with van der Waals surface area (Å²) in [5, 5.41) is 12.6. The van der Waals surface area contributed by atoms with Gasteiger partial charge in [-0.15, -0.1) is 12.4 Å². The molecule has 1 saturated heterocycles. The van der Waals surface area contributed by atoms with Crippen molar-refractivity contribution in [3.8, 4) is 5.75 Å². The predicted octanol–water partition coefficient (Wildman–Crippen LogP) is 1.85. The van der Waals surface area contributed by atoms with E-state index >= 15 is 0 Å². The molecule has 1 aromatic rings. The third-order valence-corrected chi connectivity index (χ3v) is 2.14. The first-order valence-electron chi connectivity index (χ1n) is 3.89. The molecule has 1 atom stereocenters. The number of phenolic OH excluding ortho intramolecular Hbond substituents is 1. The van der Waals surface area contributed by atoms with Gasteiger partial charge in [0.2, 0.25) is 0 Å². The van der Waals surface area contributed by atoms with Crippen LogP contribution in [0, 0.1) is 0 Å². The lowest BCUT2D eigenvalue weighted by molar-refractivity contribution is 0.364. The summed E-state index contributed by atoms with van der Waals surface area (Å²) in [5.74, 6) is 0.407. The van der Waals surface area contributed by atoms with Gasteiger partial charge in [-0.2, -0.15) is 0 Å². The van der Waals surface area contributed by atoms with Gasteiger partial charge in [0.15, 0.2) is 0 Å². The summed E-state index contributed by atoms with van der Waals surface area (Å²) in [6, 6.07) is 7.88. The lowest BCUT2D eigenvalue weighted by atomic mass is 9.97. The van der Waals surface area contributed by atoms with Gasteiger partial charge in [0.25, 0.3) is 0 Å². The number of phenols is 1. The van der Waals surface area contributed by atoms with Crippen LogP contribution in [0.1, 0.15) is 18.0 Å². The van der Waals surface area contributed by atoms with Gasteiger partial charge in [0.1, 0.15) is 5.75 Å². The summed E-state index contributed by atoms with van der Waals surface area (Å²) in [4.78, 5) is 0. The molecule has 1 aliphatic rings. The van der Waals surface area contributed by atoms with Crippen molar-refractivity contribution >= 4 is 12.4 Å². The van der Waals surface area contributed by atoms with Gasteiger partial charge in [0.05, 0.1) is 0 Å². The van der Waals surface area contributed by atoms with Gasteiger partial charge in [-0.25, -0.2) is 0 Å². The summed E-state index contributed by atoms with van der Waals surface area (Å²) >= 11 is 0. The number of para-hydroxylation sites is 1. The Kier molecular flexibility index (Phi) is 2.95. The van der Waals surface area contributed by atoms with Crippen molar-refractivity contribution in [2.75, 3.05) is 6.54 Å². The number of hydrogen-bond donors (Lipinski definition) is 2. The molecule has 0 radical (unpaired) electrons. The maximum Gasteiger partial charge on any atom is 0.120 e. The van der Waals surface area contributed by atoms with Crippen LogP contribution in [0.15, 0.2) is 24.3 Å². The van der Waals surface area contributed by atoms with Crippen LogP contribution in [-0.2, 0) is 0 Å². The molecule has 1 aliphatic heterocycles. The molecular formula is C9H12ClNO. The lowest BCUT2D eigenvalue weighted by Gasteiger charge is -2.28. The smallest absolute Gasteiger partial charge is 0.120 e. The summed E-state index contributed by atoms with van der Waals surface area (Å²) < 4.78 is 0. The second kappa shape index (κ2) is 3.78. The lowest BCUT2D eigenvalue weighted by Crippen LogP contribution is -2.34. The Morgan fingerprint density at radius 1 is 1.33 bits per heavy atom. The van der Waals surface area contributed by atoms with E-state index in [4.69, 9.17) is 0 Å². The monoisotopic (exact) mass is 185 g/mol. The number of hydrogen-bond acceptors (Lipinski definition) is 2. The Bertz CT molecular complexity index is 260. The first-order chi connectivity index (χ1) is 5.38. The van der Waals surface area contributed by atoms with Crippen LogP contribution < -0.4 is 5.32 Å². The maximum atomic E-state index is 9.41. The number of rotatable bonds is 1. The van der Waals surface area contributed by atoms with Crippen molar-refractivity contribution in [1.29, 1.82) is 0 Å². The molecule has 3 heteroatoms. The molecule has 0 saturated carbocycles. The van der Waals surface area contributed by atoms with E-state index in [2.05, 4.69) is 5.32 Å². The highest BCUT2D eigenvalue weighted by Gasteiger charge is 2.20. The summed E-state index contributed by atoms with van der Waals surface area (Å²) in [6.07, 6.45) is 1.14. The molecule has 2 N–H and O–H groups in total. The van der Waals surface area contributed by atoms with Gasteiger partial charge >= 0.3 is 0 Å². The standard InChI is InChI=1S/C9H11NO.ClH/c11-9-4-2-1-3-7(9)8-5-6-10-8;/h1-4,8,10-11H,5-6H2;1H/t8-;/m0./s1. The van der Waals surface area contributed by atoms with Crippen LogP contribution in [0.25, 0.3) is 0 Å². The summed E-state index contributed by atoms with van der Waals surface area (Å²) in [6.45, 7) is 1.07. The molecule has 1 heterocycles. The zero-order chi connectivity index (χ0) is 7.68. The highest BCUT2D eigenvalue weighted by atomic mass is 35.5. The minimum Gasteiger partial charge on any atom is -0.508 e. The van der Waals surface area contributed by atoms with Gasteiger partial charge in [-0.3, -0.25) is 0 Å². The Morgan fingerprint density at radius 3 is 2.50 bits per heavy atom. The van der Waals surface area contributed by atoms with Crippen LogP contribution in [-0.4, -0.2) is 11.7 Å². The molecule has 0 aromatic heterocycles. The fraction of sp³-hybridized carbons (Fsp3) is 0.333. The van der Waals surface area contributed by atoms with Crippen LogP contribution in [0.4, 0.5) is 0 Å². The second-order valence-electron chi connectivity index (χ2n) is 2.85.